The summed E-state index contributed by atoms with van der Waals surface area (Å²) in [7, 11) is 0. The van der Waals surface area contributed by atoms with E-state index in [4.69, 9.17) is 15.5 Å². The zero-order valence-corrected chi connectivity index (χ0v) is 16.2. The number of hydrogen-bond acceptors (Lipinski definition) is 7. The maximum Gasteiger partial charge on any atom is 0.250 e. The Hall–Kier alpha value is -3.52. The third-order valence-corrected chi connectivity index (χ3v) is 5.73. The topological polar surface area (TPSA) is 103 Å². The van der Waals surface area contributed by atoms with Crippen LogP contribution in [0, 0.1) is 0 Å². The Kier molecular flexibility index (Phi) is 4.33. The Morgan fingerprint density at radius 1 is 1.14 bits per heavy atom. The van der Waals surface area contributed by atoms with Crippen LogP contribution in [0.4, 0.5) is 5.82 Å². The van der Waals surface area contributed by atoms with Crippen LogP contribution in [0.2, 0.25) is 0 Å². The van der Waals surface area contributed by atoms with Crippen LogP contribution in [0.25, 0.3) is 21.6 Å². The molecule has 3 heterocycles. The minimum absolute atomic E-state index is 0.450. The second kappa shape index (κ2) is 7.14. The molecule has 2 aromatic carbocycles. The molecule has 1 amide bonds. The summed E-state index contributed by atoms with van der Waals surface area (Å²) < 4.78 is 11.0. The van der Waals surface area contributed by atoms with Crippen LogP contribution in [-0.4, -0.2) is 26.9 Å². The minimum atomic E-state index is -0.478. The average Bonchev–Trinajstić information content (AvgIpc) is 3.39. The van der Waals surface area contributed by atoms with Crippen molar-refractivity contribution in [2.45, 2.75) is 13.0 Å². The maximum atomic E-state index is 11.7. The number of nitrogens with two attached hydrogens (primary N) is 1. The fourth-order valence-corrected chi connectivity index (χ4v) is 4.30. The highest BCUT2D eigenvalue weighted by molar-refractivity contribution is 7.14. The molecule has 0 saturated carbocycles. The molecule has 0 fully saturated rings. The number of benzene rings is 2. The van der Waals surface area contributed by atoms with E-state index in [1.54, 1.807) is 12.1 Å². The number of primary amides is 1. The predicted molar refractivity (Wildman–Crippen MR) is 112 cm³/mol. The van der Waals surface area contributed by atoms with Gasteiger partial charge in [-0.25, -0.2) is 4.98 Å². The number of nitrogens with zero attached hydrogens (tertiary/aromatic N) is 3. The SMILES string of the molecule is NC(=O)c1cccc2c(-c3nc(NCc4ccccc4)c4c(n3)OCC4)nsc12. The number of anilines is 1. The third-order valence-electron chi connectivity index (χ3n) is 4.84. The number of carbonyl (C=O) groups excluding carboxylic acids is 1. The van der Waals surface area contributed by atoms with Crippen molar-refractivity contribution in [3.05, 3.63) is 65.2 Å². The lowest BCUT2D eigenvalue weighted by Gasteiger charge is -2.11. The van der Waals surface area contributed by atoms with Gasteiger partial charge in [0.15, 0.2) is 5.82 Å². The Morgan fingerprint density at radius 2 is 2.00 bits per heavy atom. The van der Waals surface area contributed by atoms with E-state index in [1.165, 1.54) is 11.5 Å². The van der Waals surface area contributed by atoms with Gasteiger partial charge in [0.1, 0.15) is 11.5 Å². The van der Waals surface area contributed by atoms with Crippen LogP contribution in [-0.2, 0) is 13.0 Å². The summed E-state index contributed by atoms with van der Waals surface area (Å²) in [6, 6.07) is 15.5. The van der Waals surface area contributed by atoms with Crippen LogP contribution in [0.5, 0.6) is 5.88 Å². The van der Waals surface area contributed by atoms with Gasteiger partial charge in [-0.15, -0.1) is 0 Å². The van der Waals surface area contributed by atoms with Crippen LogP contribution in [0.15, 0.2) is 48.5 Å². The molecule has 5 rings (SSSR count). The van der Waals surface area contributed by atoms with Gasteiger partial charge in [0.05, 0.1) is 22.4 Å². The normalized spacial score (nSPS) is 12.6. The molecule has 3 N–H and O–H groups in total. The molecule has 29 heavy (non-hydrogen) atoms. The van der Waals surface area contributed by atoms with E-state index in [0.717, 1.165) is 33.5 Å². The fourth-order valence-electron chi connectivity index (χ4n) is 3.41. The van der Waals surface area contributed by atoms with E-state index in [2.05, 4.69) is 26.8 Å². The number of nitrogens with one attached hydrogen (secondary N) is 1. The summed E-state index contributed by atoms with van der Waals surface area (Å²) in [5, 5.41) is 4.22. The lowest BCUT2D eigenvalue weighted by molar-refractivity contribution is 0.100. The number of ether oxygens (including phenoxy) is 1. The Balaban J connectivity index is 1.57. The Labute approximate surface area is 170 Å². The fraction of sp³-hybridized carbons (Fsp3) is 0.143. The van der Waals surface area contributed by atoms with E-state index in [0.29, 0.717) is 36.1 Å². The third kappa shape index (κ3) is 3.17. The standard InChI is InChI=1S/C21H17N5O2S/c22-18(27)14-8-4-7-13-16(26-29-17(13)14)20-24-19(15-9-10-28-21(15)25-20)23-11-12-5-2-1-3-6-12/h1-8H,9-11H2,(H2,22,27)(H,23,24,25). The molecule has 0 atom stereocenters. The Bertz CT molecular complexity index is 1220. The number of rotatable bonds is 5. The molecule has 144 valence electrons. The molecular formula is C21H17N5O2S. The quantitative estimate of drug-likeness (QED) is 0.529. The highest BCUT2D eigenvalue weighted by atomic mass is 32.1. The van der Waals surface area contributed by atoms with Gasteiger partial charge in [0.25, 0.3) is 0 Å². The van der Waals surface area contributed by atoms with Gasteiger partial charge < -0.3 is 15.8 Å². The van der Waals surface area contributed by atoms with Crippen molar-refractivity contribution < 1.29 is 9.53 Å². The van der Waals surface area contributed by atoms with Crippen molar-refractivity contribution in [2.24, 2.45) is 5.73 Å². The average molecular weight is 403 g/mol. The summed E-state index contributed by atoms with van der Waals surface area (Å²) in [5.41, 5.74) is 8.70. The number of amides is 1. The second-order valence-corrected chi connectivity index (χ2v) is 7.47. The van der Waals surface area contributed by atoms with E-state index in [9.17, 15) is 4.79 Å². The summed E-state index contributed by atoms with van der Waals surface area (Å²) in [4.78, 5) is 21.1. The number of aromatic nitrogens is 3. The van der Waals surface area contributed by atoms with Crippen LogP contribution < -0.4 is 15.8 Å². The molecular weight excluding hydrogens is 386 g/mol. The van der Waals surface area contributed by atoms with Crippen molar-refractivity contribution >= 4 is 33.3 Å². The van der Waals surface area contributed by atoms with Crippen molar-refractivity contribution in [1.29, 1.82) is 0 Å². The highest BCUT2D eigenvalue weighted by Crippen LogP contribution is 2.36. The summed E-state index contributed by atoms with van der Waals surface area (Å²) in [6.07, 6.45) is 0.760. The first-order chi connectivity index (χ1) is 14.2. The molecule has 0 radical (unpaired) electrons. The van der Waals surface area contributed by atoms with Crippen LogP contribution >= 0.6 is 11.5 Å². The molecule has 2 aromatic heterocycles. The molecule has 1 aliphatic heterocycles. The van der Waals surface area contributed by atoms with Crippen molar-refractivity contribution in [2.75, 3.05) is 11.9 Å². The molecule has 0 bridgehead atoms. The van der Waals surface area contributed by atoms with E-state index < -0.39 is 5.91 Å². The summed E-state index contributed by atoms with van der Waals surface area (Å²) in [5.74, 6) is 1.32. The van der Waals surface area contributed by atoms with Gasteiger partial charge in [-0.3, -0.25) is 4.79 Å². The molecule has 4 aromatic rings. The van der Waals surface area contributed by atoms with Gasteiger partial charge >= 0.3 is 0 Å². The zero-order chi connectivity index (χ0) is 19.8. The van der Waals surface area contributed by atoms with Gasteiger partial charge in [-0.2, -0.15) is 9.36 Å². The molecule has 7 nitrogen and oxygen atoms in total. The zero-order valence-electron chi connectivity index (χ0n) is 15.4. The van der Waals surface area contributed by atoms with E-state index in [1.807, 2.05) is 24.3 Å². The largest absolute Gasteiger partial charge is 0.477 e. The highest BCUT2D eigenvalue weighted by Gasteiger charge is 2.24. The first kappa shape index (κ1) is 17.6. The van der Waals surface area contributed by atoms with E-state index in [-0.39, 0.29) is 0 Å². The molecule has 8 heteroatoms. The van der Waals surface area contributed by atoms with Gasteiger partial charge in [0.2, 0.25) is 11.8 Å². The van der Waals surface area contributed by atoms with Crippen molar-refractivity contribution in [3.8, 4) is 17.4 Å². The lowest BCUT2D eigenvalue weighted by atomic mass is 10.1. The predicted octanol–water partition coefficient (Wildman–Crippen LogP) is 3.40. The number of hydrogen-bond donors (Lipinski definition) is 2. The smallest absolute Gasteiger partial charge is 0.250 e. The lowest BCUT2D eigenvalue weighted by Crippen LogP contribution is -2.10. The van der Waals surface area contributed by atoms with Crippen molar-refractivity contribution in [3.63, 3.8) is 0 Å². The second-order valence-electron chi connectivity index (χ2n) is 6.69. The Morgan fingerprint density at radius 3 is 2.83 bits per heavy atom. The molecule has 1 aliphatic rings. The summed E-state index contributed by atoms with van der Waals surface area (Å²) in [6.45, 7) is 1.23. The number of fused-ring (bicyclic) bond motifs is 2. The monoisotopic (exact) mass is 403 g/mol. The maximum absolute atomic E-state index is 11.7. The van der Waals surface area contributed by atoms with E-state index >= 15 is 0 Å². The van der Waals surface area contributed by atoms with Crippen molar-refractivity contribution in [1.82, 2.24) is 14.3 Å². The van der Waals surface area contributed by atoms with Gasteiger partial charge in [-0.1, -0.05) is 42.5 Å². The molecule has 0 aliphatic carbocycles. The number of carbonyl (C=O) groups is 1. The van der Waals surface area contributed by atoms with Crippen LogP contribution in [0.3, 0.4) is 0 Å². The van der Waals surface area contributed by atoms with Gasteiger partial charge in [0, 0.05) is 18.4 Å². The first-order valence-corrected chi connectivity index (χ1v) is 9.98. The molecule has 0 spiro atoms. The molecule has 0 unspecified atom stereocenters. The first-order valence-electron chi connectivity index (χ1n) is 9.21. The summed E-state index contributed by atoms with van der Waals surface area (Å²) >= 11 is 1.22. The van der Waals surface area contributed by atoms with Gasteiger partial charge in [-0.05, 0) is 23.2 Å². The minimum Gasteiger partial charge on any atom is -0.477 e. The van der Waals surface area contributed by atoms with Crippen LogP contribution in [0.1, 0.15) is 21.5 Å². The molecule has 0 saturated heterocycles.